The third kappa shape index (κ3) is 7.40. The van der Waals surface area contributed by atoms with E-state index < -0.39 is 28.5 Å². The molecule has 9 heteroatoms. The number of anilines is 1. The van der Waals surface area contributed by atoms with E-state index in [9.17, 15) is 18.0 Å². The highest BCUT2D eigenvalue weighted by molar-refractivity contribution is 7.92. The molecule has 7 nitrogen and oxygen atoms in total. The van der Waals surface area contributed by atoms with E-state index in [1.807, 2.05) is 45.0 Å². The summed E-state index contributed by atoms with van der Waals surface area (Å²) < 4.78 is 29.0. The first-order valence-electron chi connectivity index (χ1n) is 12.9. The summed E-state index contributed by atoms with van der Waals surface area (Å²) in [6, 6.07) is 18.1. The number of rotatable bonds is 11. The van der Waals surface area contributed by atoms with Crippen molar-refractivity contribution in [3.05, 3.63) is 94.0 Å². The minimum Gasteiger partial charge on any atom is -0.354 e. The van der Waals surface area contributed by atoms with E-state index in [1.54, 1.807) is 44.2 Å². The molecule has 0 heterocycles. The number of aryl methyl sites for hydroxylation is 3. The molecule has 0 fully saturated rings. The number of sulfonamides is 1. The highest BCUT2D eigenvalue weighted by Gasteiger charge is 2.33. The molecule has 0 aromatic heterocycles. The van der Waals surface area contributed by atoms with Crippen molar-refractivity contribution in [2.45, 2.75) is 58.5 Å². The van der Waals surface area contributed by atoms with Crippen molar-refractivity contribution in [1.82, 2.24) is 10.2 Å². The van der Waals surface area contributed by atoms with Crippen molar-refractivity contribution in [3.8, 4) is 0 Å². The summed E-state index contributed by atoms with van der Waals surface area (Å²) in [4.78, 5) is 28.5. The van der Waals surface area contributed by atoms with E-state index in [0.717, 1.165) is 27.4 Å². The minimum atomic E-state index is -4.13. The van der Waals surface area contributed by atoms with E-state index in [4.69, 9.17) is 11.6 Å². The monoisotopic (exact) mass is 569 g/mol. The van der Waals surface area contributed by atoms with Crippen LogP contribution in [0.3, 0.4) is 0 Å². The molecule has 0 radical (unpaired) electrons. The maximum absolute atomic E-state index is 14.0. The van der Waals surface area contributed by atoms with Crippen LogP contribution in [0.25, 0.3) is 0 Å². The largest absolute Gasteiger partial charge is 0.354 e. The molecule has 0 unspecified atom stereocenters. The molecular formula is C30H36ClN3O4S. The molecule has 0 spiro atoms. The van der Waals surface area contributed by atoms with Crippen molar-refractivity contribution in [2.24, 2.45) is 0 Å². The molecule has 0 aliphatic heterocycles. The molecule has 1 N–H and O–H groups in total. The zero-order valence-electron chi connectivity index (χ0n) is 23.1. The Bertz CT molecular complexity index is 1420. The molecule has 208 valence electrons. The number of halogens is 1. The normalized spacial score (nSPS) is 12.1. The number of hydrogen-bond acceptors (Lipinski definition) is 4. The van der Waals surface area contributed by atoms with Crippen LogP contribution in [0.2, 0.25) is 5.02 Å². The standard InChI is InChI=1S/C30H36ClN3O4S/c1-6-17-32-30(36)24(5)33(19-25-10-8-7-9-22(25)3)29(35)20-34(28-16-13-26(31)18-23(28)4)39(37,38)27-14-11-21(2)12-15-27/h7-16,18,24H,6,17,19-20H2,1-5H3,(H,32,36)/t24-/m1/s1. The quantitative estimate of drug-likeness (QED) is 0.335. The second kappa shape index (κ2) is 13.1. The first kappa shape index (κ1) is 30.2. The van der Waals surface area contributed by atoms with E-state index >= 15 is 0 Å². The Morgan fingerprint density at radius 3 is 2.23 bits per heavy atom. The average Bonchev–Trinajstić information content (AvgIpc) is 2.90. The summed E-state index contributed by atoms with van der Waals surface area (Å²) in [6.45, 7) is 9.31. The van der Waals surface area contributed by atoms with Crippen molar-refractivity contribution in [3.63, 3.8) is 0 Å². The van der Waals surface area contributed by atoms with Gasteiger partial charge in [-0.25, -0.2) is 8.42 Å². The van der Waals surface area contributed by atoms with Gasteiger partial charge in [-0.2, -0.15) is 0 Å². The van der Waals surface area contributed by atoms with Gasteiger partial charge in [0.15, 0.2) is 0 Å². The maximum Gasteiger partial charge on any atom is 0.264 e. The van der Waals surface area contributed by atoms with Gasteiger partial charge in [0.1, 0.15) is 12.6 Å². The Kier molecular flexibility index (Phi) is 10.2. The number of hydrogen-bond donors (Lipinski definition) is 1. The Morgan fingerprint density at radius 2 is 1.62 bits per heavy atom. The zero-order valence-corrected chi connectivity index (χ0v) is 24.6. The van der Waals surface area contributed by atoms with Crippen LogP contribution in [-0.2, 0) is 26.2 Å². The van der Waals surface area contributed by atoms with Crippen LogP contribution in [0.4, 0.5) is 5.69 Å². The predicted molar refractivity (Wildman–Crippen MR) is 156 cm³/mol. The topological polar surface area (TPSA) is 86.8 Å². The third-order valence-corrected chi connectivity index (χ3v) is 8.64. The number of carbonyl (C=O) groups excluding carboxylic acids is 2. The number of carbonyl (C=O) groups is 2. The van der Waals surface area contributed by atoms with Crippen molar-refractivity contribution < 1.29 is 18.0 Å². The molecule has 3 rings (SSSR count). The fraction of sp³-hybridized carbons (Fsp3) is 0.333. The third-order valence-electron chi connectivity index (χ3n) is 6.63. The summed E-state index contributed by atoms with van der Waals surface area (Å²) in [5, 5.41) is 3.31. The maximum atomic E-state index is 14.0. The van der Waals surface area contributed by atoms with Crippen LogP contribution < -0.4 is 9.62 Å². The molecule has 3 aromatic carbocycles. The molecule has 2 amide bonds. The lowest BCUT2D eigenvalue weighted by molar-refractivity contribution is -0.139. The second-order valence-corrected chi connectivity index (χ2v) is 12.0. The average molecular weight is 570 g/mol. The van der Waals surface area contributed by atoms with Crippen LogP contribution in [0.15, 0.2) is 71.6 Å². The van der Waals surface area contributed by atoms with Crippen molar-refractivity contribution >= 4 is 39.1 Å². The fourth-order valence-electron chi connectivity index (χ4n) is 4.20. The Morgan fingerprint density at radius 1 is 0.949 bits per heavy atom. The van der Waals surface area contributed by atoms with Crippen LogP contribution in [-0.4, -0.2) is 44.3 Å². The summed E-state index contributed by atoms with van der Waals surface area (Å²) in [7, 11) is -4.13. The van der Waals surface area contributed by atoms with E-state index in [0.29, 0.717) is 22.8 Å². The van der Waals surface area contributed by atoms with Gasteiger partial charge in [0.2, 0.25) is 11.8 Å². The summed E-state index contributed by atoms with van der Waals surface area (Å²) >= 11 is 6.16. The van der Waals surface area contributed by atoms with Gasteiger partial charge in [-0.3, -0.25) is 13.9 Å². The van der Waals surface area contributed by atoms with Gasteiger partial charge in [-0.05, 0) is 81.1 Å². The number of nitrogens with one attached hydrogen (secondary N) is 1. The van der Waals surface area contributed by atoms with Crippen molar-refractivity contribution in [1.29, 1.82) is 0 Å². The van der Waals surface area contributed by atoms with Gasteiger partial charge in [0.25, 0.3) is 10.0 Å². The van der Waals surface area contributed by atoms with Gasteiger partial charge in [-0.1, -0.05) is 60.5 Å². The molecule has 0 aliphatic carbocycles. The predicted octanol–water partition coefficient (Wildman–Crippen LogP) is 5.40. The molecule has 0 saturated carbocycles. The molecule has 0 saturated heterocycles. The number of amides is 2. The fourth-order valence-corrected chi connectivity index (χ4v) is 5.90. The highest BCUT2D eigenvalue weighted by atomic mass is 35.5. The lowest BCUT2D eigenvalue weighted by Gasteiger charge is -2.32. The lowest BCUT2D eigenvalue weighted by Crippen LogP contribution is -2.51. The smallest absolute Gasteiger partial charge is 0.264 e. The molecular weight excluding hydrogens is 534 g/mol. The first-order chi connectivity index (χ1) is 18.4. The number of benzene rings is 3. The summed E-state index contributed by atoms with van der Waals surface area (Å²) in [6.07, 6.45) is 0.753. The van der Waals surface area contributed by atoms with Crippen LogP contribution in [0.1, 0.15) is 42.5 Å². The second-order valence-electron chi connectivity index (χ2n) is 9.67. The molecule has 0 aliphatic rings. The SMILES string of the molecule is CCCNC(=O)[C@@H](C)N(Cc1ccccc1C)C(=O)CN(c1ccc(Cl)cc1C)S(=O)(=O)c1ccc(C)cc1. The number of nitrogens with zero attached hydrogens (tertiary/aromatic N) is 2. The zero-order chi connectivity index (χ0) is 28.7. The van der Waals surface area contributed by atoms with Crippen LogP contribution >= 0.6 is 11.6 Å². The molecule has 1 atom stereocenters. The summed E-state index contributed by atoms with van der Waals surface area (Å²) in [5.74, 6) is -0.795. The minimum absolute atomic E-state index is 0.0643. The Balaban J connectivity index is 2.06. The Hall–Kier alpha value is -3.36. The Labute approximate surface area is 236 Å². The van der Waals surface area contributed by atoms with E-state index in [-0.39, 0.29) is 17.3 Å². The summed E-state index contributed by atoms with van der Waals surface area (Å²) in [5.41, 5.74) is 3.69. The van der Waals surface area contributed by atoms with Crippen molar-refractivity contribution in [2.75, 3.05) is 17.4 Å². The van der Waals surface area contributed by atoms with Crippen LogP contribution in [0.5, 0.6) is 0 Å². The van der Waals surface area contributed by atoms with Gasteiger partial charge in [-0.15, -0.1) is 0 Å². The molecule has 39 heavy (non-hydrogen) atoms. The van der Waals surface area contributed by atoms with Crippen LogP contribution in [0, 0.1) is 20.8 Å². The van der Waals surface area contributed by atoms with Gasteiger partial charge < -0.3 is 10.2 Å². The van der Waals surface area contributed by atoms with Gasteiger partial charge in [0, 0.05) is 18.1 Å². The van der Waals surface area contributed by atoms with Gasteiger partial charge >= 0.3 is 0 Å². The van der Waals surface area contributed by atoms with E-state index in [2.05, 4.69) is 5.32 Å². The van der Waals surface area contributed by atoms with Gasteiger partial charge in [0.05, 0.1) is 10.6 Å². The first-order valence-corrected chi connectivity index (χ1v) is 14.7. The highest BCUT2D eigenvalue weighted by Crippen LogP contribution is 2.29. The molecule has 3 aromatic rings. The molecule has 0 bridgehead atoms. The van der Waals surface area contributed by atoms with E-state index in [1.165, 1.54) is 17.0 Å². The lowest BCUT2D eigenvalue weighted by atomic mass is 10.1.